The van der Waals surface area contributed by atoms with Gasteiger partial charge in [0.05, 0.1) is 5.69 Å². The van der Waals surface area contributed by atoms with Crippen LogP contribution in [0.25, 0.3) is 0 Å². The summed E-state index contributed by atoms with van der Waals surface area (Å²) < 4.78 is 27.4. The molecule has 0 bridgehead atoms. The third-order valence-corrected chi connectivity index (χ3v) is 5.89. The van der Waals surface area contributed by atoms with Gasteiger partial charge in [-0.1, -0.05) is 18.2 Å². The lowest BCUT2D eigenvalue weighted by Gasteiger charge is -2.18. The molecule has 0 saturated carbocycles. The Labute approximate surface area is 188 Å². The third-order valence-electron chi connectivity index (χ3n) is 4.57. The Morgan fingerprint density at radius 2 is 1.81 bits per heavy atom. The number of hydrogen-bond acceptors (Lipinski definition) is 7. The van der Waals surface area contributed by atoms with Gasteiger partial charge in [-0.15, -0.1) is 0 Å². The van der Waals surface area contributed by atoms with Crippen molar-refractivity contribution in [1.82, 2.24) is 20.7 Å². The van der Waals surface area contributed by atoms with Crippen LogP contribution >= 0.6 is 8.30 Å². The molecule has 0 saturated heterocycles. The molecule has 1 heterocycles. The van der Waals surface area contributed by atoms with E-state index in [4.69, 9.17) is 0 Å². The van der Waals surface area contributed by atoms with Gasteiger partial charge in [-0.25, -0.2) is 4.99 Å². The molecule has 1 unspecified atom stereocenters. The van der Waals surface area contributed by atoms with Crippen LogP contribution in [-0.4, -0.2) is 54.2 Å². The Kier molecular flexibility index (Phi) is 10.9. The Bertz CT molecular complexity index is 858. The van der Waals surface area contributed by atoms with Crippen LogP contribution in [0.1, 0.15) is 35.0 Å². The van der Waals surface area contributed by atoms with Crippen LogP contribution in [-0.2, 0) is 13.0 Å². The fourth-order valence-corrected chi connectivity index (χ4v) is 3.65. The zero-order valence-electron chi connectivity index (χ0n) is 18.3. The van der Waals surface area contributed by atoms with Gasteiger partial charge in [-0.05, 0) is 55.8 Å². The van der Waals surface area contributed by atoms with Gasteiger partial charge in [0, 0.05) is 32.8 Å². The molecule has 2 rings (SSSR count). The van der Waals surface area contributed by atoms with E-state index in [1.807, 2.05) is 18.2 Å². The summed E-state index contributed by atoms with van der Waals surface area (Å²) in [5, 5.41) is 9.14. The highest BCUT2D eigenvalue weighted by Crippen LogP contribution is 2.37. The predicted molar refractivity (Wildman–Crippen MR) is 125 cm³/mol. The summed E-state index contributed by atoms with van der Waals surface area (Å²) in [6.07, 6.45) is 4.35. The number of nitrogens with zero attached hydrogens (tertiary/aromatic N) is 2. The number of alkyl halides is 2. The number of carbonyl (C=O) groups excluding carboxylic acids is 1. The number of carbonyl (C=O) groups is 1. The zero-order chi connectivity index (χ0) is 23.4. The van der Waals surface area contributed by atoms with E-state index < -0.39 is 19.7 Å². The molecule has 1 atom stereocenters. The van der Waals surface area contributed by atoms with Gasteiger partial charge < -0.3 is 15.5 Å². The molecule has 1 aromatic carbocycles. The molecule has 4 N–H and O–H groups in total. The Hall–Kier alpha value is -2.16. The van der Waals surface area contributed by atoms with E-state index in [0.717, 1.165) is 56.8 Å². The highest BCUT2D eigenvalue weighted by molar-refractivity contribution is 7.68. The lowest BCUT2D eigenvalue weighted by molar-refractivity contribution is 0.103. The van der Waals surface area contributed by atoms with Crippen molar-refractivity contribution in [2.45, 2.75) is 32.2 Å². The summed E-state index contributed by atoms with van der Waals surface area (Å²) in [4.78, 5) is 28.4. The number of aliphatic imine (C=N–C) groups is 1. The molecule has 2 aromatic rings. The highest BCUT2D eigenvalue weighted by Gasteiger charge is 2.35. The molecule has 0 amide bonds. The van der Waals surface area contributed by atoms with Crippen LogP contribution in [0.5, 0.6) is 0 Å². The normalized spacial score (nSPS) is 13.2. The molecule has 10 heteroatoms. The standard InChI is InChI=1S/C22H30F2N5O2P/c1-22(23,24)21(32(31)25-2)29-19-8-5-18(6-9-19)14-27-13-12-26-11-3-4-17-7-10-20(16-30)28-15-17/h5-10,15-16,25-27,31H,3-4,11-14H2,1-2H3/b29-21-. The maximum atomic E-state index is 13.7. The SMILES string of the molecule is CNP(O)/C(=N\c1ccc(CNCCNCCCc2ccc(C=O)nc2)cc1)C(C)(F)F. The molecule has 0 aliphatic carbocycles. The molecule has 7 nitrogen and oxygen atoms in total. The van der Waals surface area contributed by atoms with Crippen LogP contribution in [0.3, 0.4) is 0 Å². The summed E-state index contributed by atoms with van der Waals surface area (Å²) in [5.41, 5.74) is 2.39. The lowest BCUT2D eigenvalue weighted by atomic mass is 10.1. The van der Waals surface area contributed by atoms with Gasteiger partial charge in [0.1, 0.15) is 5.69 Å². The largest absolute Gasteiger partial charge is 0.355 e. The monoisotopic (exact) mass is 465 g/mol. The fourth-order valence-electron chi connectivity index (χ4n) is 2.85. The molecule has 0 fully saturated rings. The number of aromatic nitrogens is 1. The van der Waals surface area contributed by atoms with Crippen LogP contribution in [0.15, 0.2) is 47.6 Å². The molecular weight excluding hydrogens is 435 g/mol. The van der Waals surface area contributed by atoms with Gasteiger partial charge in [-0.2, -0.15) is 8.78 Å². The average molecular weight is 465 g/mol. The van der Waals surface area contributed by atoms with E-state index in [1.165, 1.54) is 7.05 Å². The topological polar surface area (TPSA) is 98.6 Å². The Morgan fingerprint density at radius 1 is 1.12 bits per heavy atom. The minimum absolute atomic E-state index is 0.375. The average Bonchev–Trinajstić information content (AvgIpc) is 2.79. The van der Waals surface area contributed by atoms with Crippen LogP contribution < -0.4 is 15.7 Å². The quantitative estimate of drug-likeness (QED) is 0.148. The maximum absolute atomic E-state index is 13.7. The molecule has 32 heavy (non-hydrogen) atoms. The van der Waals surface area contributed by atoms with E-state index in [2.05, 4.69) is 25.7 Å². The number of halogens is 2. The summed E-state index contributed by atoms with van der Waals surface area (Å²) in [7, 11) is -0.761. The highest BCUT2D eigenvalue weighted by atomic mass is 31.2. The van der Waals surface area contributed by atoms with E-state index in [9.17, 15) is 18.5 Å². The number of rotatable bonds is 14. The van der Waals surface area contributed by atoms with Crippen LogP contribution in [0, 0.1) is 0 Å². The van der Waals surface area contributed by atoms with Crippen molar-refractivity contribution >= 4 is 25.7 Å². The lowest BCUT2D eigenvalue weighted by Crippen LogP contribution is -2.27. The van der Waals surface area contributed by atoms with Crippen molar-refractivity contribution in [3.05, 3.63) is 59.4 Å². The summed E-state index contributed by atoms with van der Waals surface area (Å²) in [6, 6.07) is 10.6. The van der Waals surface area contributed by atoms with Gasteiger partial charge in [0.25, 0.3) is 5.92 Å². The van der Waals surface area contributed by atoms with Crippen LogP contribution in [0.4, 0.5) is 14.5 Å². The number of benzene rings is 1. The van der Waals surface area contributed by atoms with Gasteiger partial charge in [-0.3, -0.25) is 14.9 Å². The Balaban J connectivity index is 1.66. The first-order valence-electron chi connectivity index (χ1n) is 10.4. The number of hydrogen-bond donors (Lipinski definition) is 4. The fraction of sp³-hybridized carbons (Fsp3) is 0.409. The number of pyridine rings is 1. The smallest absolute Gasteiger partial charge is 0.290 e. The van der Waals surface area contributed by atoms with Crippen molar-refractivity contribution in [2.24, 2.45) is 4.99 Å². The van der Waals surface area contributed by atoms with E-state index in [1.54, 1.807) is 24.4 Å². The second kappa shape index (κ2) is 13.4. The van der Waals surface area contributed by atoms with Crippen molar-refractivity contribution in [3.63, 3.8) is 0 Å². The predicted octanol–water partition coefficient (Wildman–Crippen LogP) is 3.41. The minimum atomic E-state index is -3.20. The molecule has 0 aliphatic heterocycles. The van der Waals surface area contributed by atoms with Gasteiger partial charge >= 0.3 is 0 Å². The van der Waals surface area contributed by atoms with Gasteiger partial charge in [0.2, 0.25) is 0 Å². The first-order valence-corrected chi connectivity index (χ1v) is 11.7. The summed E-state index contributed by atoms with van der Waals surface area (Å²) in [5.74, 6) is -3.20. The molecular formula is C22H30F2N5O2P. The molecule has 0 aliphatic rings. The molecule has 174 valence electrons. The molecule has 0 radical (unpaired) electrons. The van der Waals surface area contributed by atoms with Gasteiger partial charge in [0.15, 0.2) is 20.0 Å². The van der Waals surface area contributed by atoms with Crippen LogP contribution in [0.2, 0.25) is 0 Å². The minimum Gasteiger partial charge on any atom is -0.355 e. The summed E-state index contributed by atoms with van der Waals surface area (Å²) in [6.45, 7) is 3.88. The number of nitrogens with one attached hydrogen (secondary N) is 3. The number of aryl methyl sites for hydroxylation is 1. The Morgan fingerprint density at radius 3 is 2.41 bits per heavy atom. The van der Waals surface area contributed by atoms with E-state index in [0.29, 0.717) is 17.9 Å². The third kappa shape index (κ3) is 9.14. The second-order valence-corrected chi connectivity index (χ2v) is 8.76. The first kappa shape index (κ1) is 26.1. The second-order valence-electron chi connectivity index (χ2n) is 7.27. The first-order chi connectivity index (χ1) is 15.3. The van der Waals surface area contributed by atoms with Crippen molar-refractivity contribution in [1.29, 1.82) is 0 Å². The zero-order valence-corrected chi connectivity index (χ0v) is 19.2. The maximum Gasteiger partial charge on any atom is 0.290 e. The number of aldehydes is 1. The van der Waals surface area contributed by atoms with E-state index in [-0.39, 0.29) is 0 Å². The molecule has 1 aromatic heterocycles. The van der Waals surface area contributed by atoms with Crippen molar-refractivity contribution in [3.8, 4) is 0 Å². The van der Waals surface area contributed by atoms with E-state index >= 15 is 0 Å². The molecule has 0 spiro atoms. The van der Waals surface area contributed by atoms with Crippen molar-refractivity contribution < 1.29 is 18.5 Å². The van der Waals surface area contributed by atoms with Crippen molar-refractivity contribution in [2.75, 3.05) is 26.7 Å². The summed E-state index contributed by atoms with van der Waals surface area (Å²) >= 11 is 0.